The Kier molecular flexibility index (Phi) is 5.13. The van der Waals surface area contributed by atoms with Crippen molar-refractivity contribution in [3.8, 4) is 5.75 Å². The minimum Gasteiger partial charge on any atom is -0.479 e. The van der Waals surface area contributed by atoms with Crippen molar-refractivity contribution in [1.29, 1.82) is 0 Å². The number of nitrogens with one attached hydrogen (secondary N) is 1. The fraction of sp³-hybridized carbons (Fsp3) is 0.133. The number of hydrogen-bond acceptors (Lipinski definition) is 4. The number of ether oxygens (including phenoxy) is 1. The van der Waals surface area contributed by atoms with E-state index in [1.807, 2.05) is 0 Å². The molecule has 8 heteroatoms. The van der Waals surface area contributed by atoms with E-state index in [1.165, 1.54) is 13.0 Å². The second-order valence-electron chi connectivity index (χ2n) is 4.60. The van der Waals surface area contributed by atoms with E-state index in [0.717, 1.165) is 12.1 Å². The standard InChI is InChI=1S/C15H12ClFN2O4/c1-9(23-14-5-3-2-4-11(14)16)15(20)18-10-6-7-12(17)13(8-10)19(21)22/h2-9H,1H3,(H,18,20)/t9-/m1/s1. The van der Waals surface area contributed by atoms with Gasteiger partial charge in [0.05, 0.1) is 9.95 Å². The van der Waals surface area contributed by atoms with E-state index >= 15 is 0 Å². The van der Waals surface area contributed by atoms with Crippen LogP contribution in [0.3, 0.4) is 0 Å². The third kappa shape index (κ3) is 4.17. The number of nitro groups is 1. The summed E-state index contributed by atoms with van der Waals surface area (Å²) >= 11 is 5.93. The summed E-state index contributed by atoms with van der Waals surface area (Å²) in [6.45, 7) is 1.50. The van der Waals surface area contributed by atoms with Crippen LogP contribution in [0.2, 0.25) is 5.02 Å². The zero-order valence-corrected chi connectivity index (χ0v) is 12.7. The van der Waals surface area contributed by atoms with Crippen LogP contribution in [0.1, 0.15) is 6.92 Å². The lowest BCUT2D eigenvalue weighted by molar-refractivity contribution is -0.387. The highest BCUT2D eigenvalue weighted by Crippen LogP contribution is 2.25. The third-order valence-electron chi connectivity index (χ3n) is 2.92. The molecule has 23 heavy (non-hydrogen) atoms. The van der Waals surface area contributed by atoms with E-state index in [0.29, 0.717) is 10.8 Å². The maximum absolute atomic E-state index is 13.3. The summed E-state index contributed by atoms with van der Waals surface area (Å²) < 4.78 is 18.7. The summed E-state index contributed by atoms with van der Waals surface area (Å²) in [6, 6.07) is 9.72. The lowest BCUT2D eigenvalue weighted by Crippen LogP contribution is -2.30. The van der Waals surface area contributed by atoms with Gasteiger partial charge in [-0.1, -0.05) is 23.7 Å². The third-order valence-corrected chi connectivity index (χ3v) is 3.23. The van der Waals surface area contributed by atoms with Crippen LogP contribution in [-0.2, 0) is 4.79 Å². The van der Waals surface area contributed by atoms with Gasteiger partial charge in [-0.05, 0) is 31.2 Å². The van der Waals surface area contributed by atoms with Crippen LogP contribution in [0.25, 0.3) is 0 Å². The first kappa shape index (κ1) is 16.7. The lowest BCUT2D eigenvalue weighted by atomic mass is 10.2. The summed E-state index contributed by atoms with van der Waals surface area (Å²) in [4.78, 5) is 21.9. The van der Waals surface area contributed by atoms with Crippen molar-refractivity contribution in [3.05, 3.63) is 63.4 Å². The van der Waals surface area contributed by atoms with Gasteiger partial charge in [0.2, 0.25) is 5.82 Å². The molecule has 1 N–H and O–H groups in total. The largest absolute Gasteiger partial charge is 0.479 e. The molecule has 0 aliphatic rings. The number of benzene rings is 2. The van der Waals surface area contributed by atoms with Gasteiger partial charge < -0.3 is 10.1 Å². The molecule has 0 bridgehead atoms. The maximum Gasteiger partial charge on any atom is 0.306 e. The van der Waals surface area contributed by atoms with Crippen molar-refractivity contribution in [2.24, 2.45) is 0 Å². The van der Waals surface area contributed by atoms with Gasteiger partial charge in [-0.15, -0.1) is 0 Å². The van der Waals surface area contributed by atoms with E-state index in [1.54, 1.807) is 24.3 Å². The van der Waals surface area contributed by atoms with Crippen LogP contribution in [0.15, 0.2) is 42.5 Å². The number of amides is 1. The molecule has 0 aromatic heterocycles. The molecule has 0 spiro atoms. The van der Waals surface area contributed by atoms with Crippen LogP contribution >= 0.6 is 11.6 Å². The fourth-order valence-electron chi connectivity index (χ4n) is 1.76. The number of halogens is 2. The highest BCUT2D eigenvalue weighted by atomic mass is 35.5. The molecule has 2 aromatic carbocycles. The van der Waals surface area contributed by atoms with Crippen molar-refractivity contribution >= 4 is 28.9 Å². The lowest BCUT2D eigenvalue weighted by Gasteiger charge is -2.15. The predicted molar refractivity (Wildman–Crippen MR) is 83.2 cm³/mol. The number of nitrogens with zero attached hydrogens (tertiary/aromatic N) is 1. The quantitative estimate of drug-likeness (QED) is 0.664. The Morgan fingerprint density at radius 1 is 1.35 bits per heavy atom. The molecule has 6 nitrogen and oxygen atoms in total. The van der Waals surface area contributed by atoms with Crippen LogP contribution in [0.4, 0.5) is 15.8 Å². The smallest absolute Gasteiger partial charge is 0.306 e. The Morgan fingerprint density at radius 2 is 2.04 bits per heavy atom. The van der Waals surface area contributed by atoms with E-state index in [9.17, 15) is 19.3 Å². The first-order valence-corrected chi connectivity index (χ1v) is 6.92. The Balaban J connectivity index is 2.08. The molecule has 0 saturated heterocycles. The molecule has 0 fully saturated rings. The van der Waals surface area contributed by atoms with E-state index in [2.05, 4.69) is 5.32 Å². The molecule has 0 saturated carbocycles. The van der Waals surface area contributed by atoms with Crippen LogP contribution < -0.4 is 10.1 Å². The molecule has 2 aromatic rings. The van der Waals surface area contributed by atoms with Gasteiger partial charge in [0.1, 0.15) is 5.75 Å². The minimum absolute atomic E-state index is 0.0951. The number of para-hydroxylation sites is 1. The number of nitro benzene ring substituents is 1. The van der Waals surface area contributed by atoms with Crippen molar-refractivity contribution in [2.45, 2.75) is 13.0 Å². The molecule has 0 heterocycles. The minimum atomic E-state index is -0.978. The van der Waals surface area contributed by atoms with Crippen molar-refractivity contribution in [2.75, 3.05) is 5.32 Å². The van der Waals surface area contributed by atoms with Gasteiger partial charge in [0.25, 0.3) is 5.91 Å². The second-order valence-corrected chi connectivity index (χ2v) is 5.01. The molecule has 0 aliphatic carbocycles. The van der Waals surface area contributed by atoms with Crippen molar-refractivity contribution in [1.82, 2.24) is 0 Å². The summed E-state index contributed by atoms with van der Waals surface area (Å²) in [6.07, 6.45) is -0.904. The van der Waals surface area contributed by atoms with Gasteiger partial charge >= 0.3 is 5.69 Å². The Bertz CT molecular complexity index is 754. The molecule has 0 radical (unpaired) electrons. The zero-order chi connectivity index (χ0) is 17.0. The second kappa shape index (κ2) is 7.06. The first-order valence-electron chi connectivity index (χ1n) is 6.54. The normalized spacial score (nSPS) is 11.6. The van der Waals surface area contributed by atoms with Gasteiger partial charge in [-0.25, -0.2) is 0 Å². The van der Waals surface area contributed by atoms with Crippen molar-refractivity contribution in [3.63, 3.8) is 0 Å². The summed E-state index contributed by atoms with van der Waals surface area (Å²) in [7, 11) is 0. The molecule has 2 rings (SSSR count). The van der Waals surface area contributed by atoms with Crippen LogP contribution in [0.5, 0.6) is 5.75 Å². The molecular formula is C15H12ClFN2O4. The summed E-state index contributed by atoms with van der Waals surface area (Å²) in [5.74, 6) is -1.19. The molecule has 0 unspecified atom stereocenters. The molecule has 1 amide bonds. The molecule has 0 aliphatic heterocycles. The molecular weight excluding hydrogens is 327 g/mol. The Labute approximate surface area is 136 Å². The van der Waals surface area contributed by atoms with Gasteiger partial charge in [0.15, 0.2) is 6.10 Å². The first-order chi connectivity index (χ1) is 10.9. The van der Waals surface area contributed by atoms with E-state index in [-0.39, 0.29) is 5.69 Å². The highest BCUT2D eigenvalue weighted by molar-refractivity contribution is 6.32. The van der Waals surface area contributed by atoms with Crippen LogP contribution in [0, 0.1) is 15.9 Å². The van der Waals surface area contributed by atoms with E-state index in [4.69, 9.17) is 16.3 Å². The Morgan fingerprint density at radius 3 is 2.70 bits per heavy atom. The average molecular weight is 339 g/mol. The number of anilines is 1. The number of hydrogen-bond donors (Lipinski definition) is 1. The van der Waals surface area contributed by atoms with Gasteiger partial charge in [-0.3, -0.25) is 14.9 Å². The topological polar surface area (TPSA) is 81.5 Å². The SMILES string of the molecule is C[C@@H](Oc1ccccc1Cl)C(=O)Nc1ccc(F)c([N+](=O)[O-])c1. The monoisotopic (exact) mass is 338 g/mol. The average Bonchev–Trinajstić information content (AvgIpc) is 2.51. The molecule has 120 valence electrons. The fourth-order valence-corrected chi connectivity index (χ4v) is 1.94. The number of carbonyl (C=O) groups excluding carboxylic acids is 1. The Hall–Kier alpha value is -2.67. The predicted octanol–water partition coefficient (Wildman–Crippen LogP) is 3.79. The number of carbonyl (C=O) groups is 1. The highest BCUT2D eigenvalue weighted by Gasteiger charge is 2.19. The summed E-state index contributed by atoms with van der Waals surface area (Å²) in [5, 5.41) is 13.5. The van der Waals surface area contributed by atoms with E-state index < -0.39 is 28.4 Å². The summed E-state index contributed by atoms with van der Waals surface area (Å²) in [5.41, 5.74) is -0.625. The van der Waals surface area contributed by atoms with Gasteiger partial charge in [0, 0.05) is 11.8 Å². The van der Waals surface area contributed by atoms with Gasteiger partial charge in [-0.2, -0.15) is 4.39 Å². The van der Waals surface area contributed by atoms with Crippen molar-refractivity contribution < 1.29 is 18.8 Å². The molecule has 1 atom stereocenters. The number of rotatable bonds is 5. The zero-order valence-electron chi connectivity index (χ0n) is 12.0. The van der Waals surface area contributed by atoms with Crippen LogP contribution in [-0.4, -0.2) is 16.9 Å². The maximum atomic E-state index is 13.3.